The Morgan fingerprint density at radius 2 is 1.81 bits per heavy atom. The Balaban J connectivity index is 1.89. The third kappa shape index (κ3) is 5.14. The minimum atomic E-state index is 0.262. The summed E-state index contributed by atoms with van der Waals surface area (Å²) in [6.07, 6.45) is 8.04. The van der Waals surface area contributed by atoms with Crippen LogP contribution in [0.2, 0.25) is 0 Å². The van der Waals surface area contributed by atoms with E-state index >= 15 is 0 Å². The molecule has 0 aromatic heterocycles. The highest BCUT2D eigenvalue weighted by molar-refractivity contribution is 5.27. The molecule has 1 saturated carbocycles. The zero-order valence-electron chi connectivity index (χ0n) is 14.4. The maximum absolute atomic E-state index is 3.72. The average molecular weight is 287 g/mol. The SMILES string of the molecule is CCCNC1CCCC(Cc2ccc(C(C)(C)C)cc2)C1. The van der Waals surface area contributed by atoms with Gasteiger partial charge in [-0.15, -0.1) is 0 Å². The Morgan fingerprint density at radius 1 is 1.10 bits per heavy atom. The molecule has 1 aliphatic carbocycles. The lowest BCUT2D eigenvalue weighted by Crippen LogP contribution is -2.35. The summed E-state index contributed by atoms with van der Waals surface area (Å²) in [5.74, 6) is 0.869. The van der Waals surface area contributed by atoms with Gasteiger partial charge in [-0.25, -0.2) is 0 Å². The van der Waals surface area contributed by atoms with Gasteiger partial charge >= 0.3 is 0 Å². The maximum atomic E-state index is 3.72. The predicted octanol–water partition coefficient (Wildman–Crippen LogP) is 5.09. The van der Waals surface area contributed by atoms with Crippen molar-refractivity contribution in [3.05, 3.63) is 35.4 Å². The predicted molar refractivity (Wildman–Crippen MR) is 92.9 cm³/mol. The first-order valence-electron chi connectivity index (χ1n) is 8.82. The fourth-order valence-corrected chi connectivity index (χ4v) is 3.48. The van der Waals surface area contributed by atoms with Gasteiger partial charge in [0.25, 0.3) is 0 Å². The summed E-state index contributed by atoms with van der Waals surface area (Å²) < 4.78 is 0. The molecule has 0 spiro atoms. The van der Waals surface area contributed by atoms with E-state index in [0.717, 1.165) is 12.0 Å². The first kappa shape index (κ1) is 16.5. The van der Waals surface area contributed by atoms with Crippen LogP contribution in [0.1, 0.15) is 70.9 Å². The molecule has 1 fully saturated rings. The van der Waals surface area contributed by atoms with E-state index in [0.29, 0.717) is 0 Å². The lowest BCUT2D eigenvalue weighted by Gasteiger charge is -2.30. The molecule has 0 amide bonds. The molecule has 1 N–H and O–H groups in total. The van der Waals surface area contributed by atoms with Gasteiger partial charge < -0.3 is 5.32 Å². The Hall–Kier alpha value is -0.820. The molecular formula is C20H33N. The van der Waals surface area contributed by atoms with Crippen LogP contribution in [-0.4, -0.2) is 12.6 Å². The van der Waals surface area contributed by atoms with Gasteiger partial charge in [-0.2, -0.15) is 0 Å². The van der Waals surface area contributed by atoms with Crippen LogP contribution in [0.3, 0.4) is 0 Å². The largest absolute Gasteiger partial charge is 0.314 e. The number of hydrogen-bond acceptors (Lipinski definition) is 1. The summed E-state index contributed by atoms with van der Waals surface area (Å²) in [6.45, 7) is 10.3. The Morgan fingerprint density at radius 3 is 2.43 bits per heavy atom. The maximum Gasteiger partial charge on any atom is 0.00698 e. The molecule has 0 aliphatic heterocycles. The first-order valence-corrected chi connectivity index (χ1v) is 8.82. The second-order valence-corrected chi connectivity index (χ2v) is 7.83. The standard InChI is InChI=1S/C20H33N/c1-5-13-21-19-8-6-7-17(15-19)14-16-9-11-18(12-10-16)20(2,3)4/h9-12,17,19,21H,5-8,13-15H2,1-4H3. The lowest BCUT2D eigenvalue weighted by molar-refractivity contribution is 0.284. The number of benzene rings is 1. The van der Waals surface area contributed by atoms with Gasteiger partial charge in [-0.1, -0.05) is 64.8 Å². The van der Waals surface area contributed by atoms with E-state index in [1.807, 2.05) is 0 Å². The van der Waals surface area contributed by atoms with Crippen molar-refractivity contribution in [2.75, 3.05) is 6.54 Å². The van der Waals surface area contributed by atoms with Crippen molar-refractivity contribution in [3.63, 3.8) is 0 Å². The van der Waals surface area contributed by atoms with Crippen LogP contribution in [0.5, 0.6) is 0 Å². The Kier molecular flexibility index (Phi) is 5.87. The molecular weight excluding hydrogens is 254 g/mol. The molecule has 118 valence electrons. The highest BCUT2D eigenvalue weighted by Gasteiger charge is 2.21. The van der Waals surface area contributed by atoms with E-state index in [1.165, 1.54) is 56.2 Å². The van der Waals surface area contributed by atoms with Gasteiger partial charge in [0.2, 0.25) is 0 Å². The molecule has 2 rings (SSSR count). The minimum absolute atomic E-state index is 0.262. The fourth-order valence-electron chi connectivity index (χ4n) is 3.48. The van der Waals surface area contributed by atoms with E-state index in [4.69, 9.17) is 0 Å². The molecule has 1 nitrogen and oxygen atoms in total. The van der Waals surface area contributed by atoms with E-state index in [2.05, 4.69) is 57.3 Å². The molecule has 2 unspecified atom stereocenters. The Bertz CT molecular complexity index is 412. The van der Waals surface area contributed by atoms with Gasteiger partial charge in [0.1, 0.15) is 0 Å². The fraction of sp³-hybridized carbons (Fsp3) is 0.700. The van der Waals surface area contributed by atoms with Crippen LogP contribution in [0, 0.1) is 5.92 Å². The molecule has 21 heavy (non-hydrogen) atoms. The summed E-state index contributed by atoms with van der Waals surface area (Å²) in [5, 5.41) is 3.72. The lowest BCUT2D eigenvalue weighted by atomic mass is 9.81. The smallest absolute Gasteiger partial charge is 0.00698 e. The Labute approximate surface area is 131 Å². The van der Waals surface area contributed by atoms with Crippen LogP contribution in [-0.2, 0) is 11.8 Å². The van der Waals surface area contributed by atoms with Crippen LogP contribution in [0.15, 0.2) is 24.3 Å². The normalized spacial score (nSPS) is 23.2. The minimum Gasteiger partial charge on any atom is -0.314 e. The summed E-state index contributed by atoms with van der Waals surface area (Å²) >= 11 is 0. The molecule has 1 aliphatic rings. The number of hydrogen-bond donors (Lipinski definition) is 1. The van der Waals surface area contributed by atoms with Crippen molar-refractivity contribution in [1.82, 2.24) is 5.32 Å². The van der Waals surface area contributed by atoms with Crippen LogP contribution in [0.4, 0.5) is 0 Å². The summed E-state index contributed by atoms with van der Waals surface area (Å²) in [6, 6.07) is 10.1. The monoisotopic (exact) mass is 287 g/mol. The van der Waals surface area contributed by atoms with E-state index in [1.54, 1.807) is 0 Å². The van der Waals surface area contributed by atoms with Crippen molar-refractivity contribution in [2.45, 2.75) is 77.7 Å². The van der Waals surface area contributed by atoms with Crippen LogP contribution >= 0.6 is 0 Å². The van der Waals surface area contributed by atoms with E-state index in [-0.39, 0.29) is 5.41 Å². The molecule has 1 aromatic rings. The third-order valence-electron chi connectivity index (χ3n) is 4.81. The van der Waals surface area contributed by atoms with Crippen molar-refractivity contribution in [3.8, 4) is 0 Å². The van der Waals surface area contributed by atoms with Gasteiger partial charge in [0.15, 0.2) is 0 Å². The van der Waals surface area contributed by atoms with Gasteiger partial charge in [0.05, 0.1) is 0 Å². The summed E-state index contributed by atoms with van der Waals surface area (Å²) in [7, 11) is 0. The van der Waals surface area contributed by atoms with E-state index in [9.17, 15) is 0 Å². The van der Waals surface area contributed by atoms with Crippen molar-refractivity contribution in [2.24, 2.45) is 5.92 Å². The highest BCUT2D eigenvalue weighted by Crippen LogP contribution is 2.28. The first-order chi connectivity index (χ1) is 9.99. The molecule has 0 saturated heterocycles. The van der Waals surface area contributed by atoms with Crippen LogP contribution in [0.25, 0.3) is 0 Å². The molecule has 1 aromatic carbocycles. The number of rotatable bonds is 5. The topological polar surface area (TPSA) is 12.0 Å². The van der Waals surface area contributed by atoms with Crippen molar-refractivity contribution in [1.29, 1.82) is 0 Å². The molecule has 2 atom stereocenters. The van der Waals surface area contributed by atoms with Gasteiger partial charge in [-0.3, -0.25) is 0 Å². The summed E-state index contributed by atoms with van der Waals surface area (Å²) in [4.78, 5) is 0. The molecule has 0 radical (unpaired) electrons. The van der Waals surface area contributed by atoms with Crippen molar-refractivity contribution < 1.29 is 0 Å². The highest BCUT2D eigenvalue weighted by atomic mass is 14.9. The third-order valence-corrected chi connectivity index (χ3v) is 4.81. The summed E-state index contributed by atoms with van der Waals surface area (Å²) in [5.41, 5.74) is 3.22. The zero-order chi connectivity index (χ0) is 15.3. The van der Waals surface area contributed by atoms with Gasteiger partial charge in [-0.05, 0) is 54.7 Å². The van der Waals surface area contributed by atoms with Crippen LogP contribution < -0.4 is 5.32 Å². The van der Waals surface area contributed by atoms with Crippen molar-refractivity contribution >= 4 is 0 Å². The van der Waals surface area contributed by atoms with Gasteiger partial charge in [0, 0.05) is 6.04 Å². The number of nitrogens with one attached hydrogen (secondary N) is 1. The zero-order valence-corrected chi connectivity index (χ0v) is 14.4. The quantitative estimate of drug-likeness (QED) is 0.796. The molecule has 1 heteroatoms. The second kappa shape index (κ2) is 7.45. The van der Waals surface area contributed by atoms with E-state index < -0.39 is 0 Å². The average Bonchev–Trinajstić information content (AvgIpc) is 2.45. The second-order valence-electron chi connectivity index (χ2n) is 7.83. The molecule has 0 bridgehead atoms. The molecule has 0 heterocycles.